The molecule has 0 spiro atoms. The minimum Gasteiger partial charge on any atom is -0.491 e. The Morgan fingerprint density at radius 3 is 2.28 bits per heavy atom. The van der Waals surface area contributed by atoms with E-state index >= 15 is 0 Å². The highest BCUT2D eigenvalue weighted by molar-refractivity contribution is 6.33. The van der Waals surface area contributed by atoms with Crippen molar-refractivity contribution in [1.82, 2.24) is 13.7 Å². The summed E-state index contributed by atoms with van der Waals surface area (Å²) in [6, 6.07) is 12.1. The van der Waals surface area contributed by atoms with Gasteiger partial charge in [-0.1, -0.05) is 23.7 Å². The van der Waals surface area contributed by atoms with Gasteiger partial charge >= 0.3 is 17.3 Å². The van der Waals surface area contributed by atoms with Crippen LogP contribution in [0, 0.1) is 6.92 Å². The number of esters is 1. The van der Waals surface area contributed by atoms with Crippen LogP contribution in [0.5, 0.6) is 5.75 Å². The molecule has 0 radical (unpaired) electrons. The zero-order chi connectivity index (χ0) is 26.6. The smallest absolute Gasteiger partial charge is 0.376 e. The average molecular weight is 515 g/mol. The molecule has 1 heterocycles. The molecule has 36 heavy (non-hydrogen) atoms. The van der Waals surface area contributed by atoms with Crippen LogP contribution in [0.2, 0.25) is 5.02 Å². The molecule has 11 heteroatoms. The van der Waals surface area contributed by atoms with Crippen LogP contribution >= 0.6 is 11.6 Å². The fourth-order valence-electron chi connectivity index (χ4n) is 3.47. The van der Waals surface area contributed by atoms with Crippen LogP contribution in [0.3, 0.4) is 0 Å². The van der Waals surface area contributed by atoms with Gasteiger partial charge in [0.25, 0.3) is 5.78 Å². The number of halogens is 1. The molecule has 0 amide bonds. The zero-order valence-electron chi connectivity index (χ0n) is 20.6. The SMILES string of the molecule is COC(=O)C(=O)Cn1c(=O)n(C)/c(=N\c2ccc(OC(C)C)c(C)c2)n(Cc2ccc(Cl)cc2)c1=O. The third-order valence-electron chi connectivity index (χ3n) is 5.24. The molecular formula is C25H27ClN4O6. The van der Waals surface area contributed by atoms with E-state index in [1.807, 2.05) is 20.8 Å². The molecule has 0 bridgehead atoms. The van der Waals surface area contributed by atoms with E-state index < -0.39 is 29.7 Å². The van der Waals surface area contributed by atoms with E-state index in [1.54, 1.807) is 42.5 Å². The Hall–Kier alpha value is -3.92. The molecule has 1 aromatic heterocycles. The Kier molecular flexibility index (Phi) is 8.31. The van der Waals surface area contributed by atoms with E-state index in [2.05, 4.69) is 9.73 Å². The van der Waals surface area contributed by atoms with Crippen molar-refractivity contribution in [3.05, 3.63) is 85.2 Å². The number of aryl methyl sites for hydroxylation is 1. The summed E-state index contributed by atoms with van der Waals surface area (Å²) in [5.41, 5.74) is 0.473. The first-order chi connectivity index (χ1) is 17.0. The first-order valence-corrected chi connectivity index (χ1v) is 11.5. The summed E-state index contributed by atoms with van der Waals surface area (Å²) >= 11 is 5.99. The summed E-state index contributed by atoms with van der Waals surface area (Å²) < 4.78 is 13.3. The van der Waals surface area contributed by atoms with Crippen LogP contribution in [0.25, 0.3) is 0 Å². The Morgan fingerprint density at radius 2 is 1.69 bits per heavy atom. The van der Waals surface area contributed by atoms with Crippen molar-refractivity contribution >= 4 is 29.0 Å². The first-order valence-electron chi connectivity index (χ1n) is 11.1. The largest absolute Gasteiger partial charge is 0.491 e. The predicted octanol–water partition coefficient (Wildman–Crippen LogP) is 2.12. The van der Waals surface area contributed by atoms with Crippen LogP contribution in [-0.2, 0) is 34.5 Å². The van der Waals surface area contributed by atoms with E-state index in [0.717, 1.165) is 17.2 Å². The summed E-state index contributed by atoms with van der Waals surface area (Å²) in [6.07, 6.45) is -0.00543. The molecule has 0 saturated carbocycles. The Morgan fingerprint density at radius 1 is 1.03 bits per heavy atom. The highest BCUT2D eigenvalue weighted by Gasteiger charge is 2.20. The second-order valence-electron chi connectivity index (χ2n) is 8.37. The molecule has 0 unspecified atom stereocenters. The Bertz CT molecular complexity index is 1480. The van der Waals surface area contributed by atoms with Crippen LogP contribution in [0.15, 0.2) is 57.0 Å². The topological polar surface area (TPSA) is 114 Å². The van der Waals surface area contributed by atoms with Gasteiger partial charge in [-0.05, 0) is 62.2 Å². The third-order valence-corrected chi connectivity index (χ3v) is 5.49. The lowest BCUT2D eigenvalue weighted by atomic mass is 10.2. The maximum atomic E-state index is 13.4. The molecule has 2 aromatic carbocycles. The van der Waals surface area contributed by atoms with E-state index in [4.69, 9.17) is 16.3 Å². The Balaban J connectivity index is 2.23. The van der Waals surface area contributed by atoms with E-state index in [0.29, 0.717) is 26.6 Å². The van der Waals surface area contributed by atoms with Crippen molar-refractivity contribution in [2.24, 2.45) is 12.0 Å². The van der Waals surface area contributed by atoms with Crippen molar-refractivity contribution in [3.8, 4) is 5.75 Å². The van der Waals surface area contributed by atoms with Crippen LogP contribution in [-0.4, -0.2) is 38.7 Å². The fourth-order valence-corrected chi connectivity index (χ4v) is 3.59. The third kappa shape index (κ3) is 6.01. The van der Waals surface area contributed by atoms with Crippen LogP contribution in [0.4, 0.5) is 5.69 Å². The molecule has 0 aliphatic heterocycles. The highest BCUT2D eigenvalue weighted by Crippen LogP contribution is 2.24. The van der Waals surface area contributed by atoms with E-state index in [1.165, 1.54) is 11.6 Å². The molecule has 0 atom stereocenters. The molecule has 0 aliphatic carbocycles. The van der Waals surface area contributed by atoms with Gasteiger partial charge in [-0.2, -0.15) is 0 Å². The number of benzene rings is 2. The van der Waals surface area contributed by atoms with Gasteiger partial charge in [0, 0.05) is 12.1 Å². The number of nitrogens with zero attached hydrogens (tertiary/aromatic N) is 4. The maximum Gasteiger partial charge on any atom is 0.376 e. The number of hydrogen-bond donors (Lipinski definition) is 0. The lowest BCUT2D eigenvalue weighted by molar-refractivity contribution is -0.152. The van der Waals surface area contributed by atoms with Gasteiger partial charge in [0.15, 0.2) is 0 Å². The van der Waals surface area contributed by atoms with Crippen LogP contribution in [0.1, 0.15) is 25.0 Å². The zero-order valence-corrected chi connectivity index (χ0v) is 21.4. The van der Waals surface area contributed by atoms with Gasteiger partial charge < -0.3 is 9.47 Å². The summed E-state index contributed by atoms with van der Waals surface area (Å²) in [4.78, 5) is 54.8. The predicted molar refractivity (Wildman–Crippen MR) is 134 cm³/mol. The van der Waals surface area contributed by atoms with Gasteiger partial charge in [-0.3, -0.25) is 13.9 Å². The molecule has 3 rings (SSSR count). The van der Waals surface area contributed by atoms with Crippen molar-refractivity contribution in [1.29, 1.82) is 0 Å². The van der Waals surface area contributed by atoms with E-state index in [-0.39, 0.29) is 18.3 Å². The van der Waals surface area contributed by atoms with Crippen molar-refractivity contribution in [2.45, 2.75) is 40.0 Å². The van der Waals surface area contributed by atoms with Gasteiger partial charge in [0.1, 0.15) is 12.3 Å². The number of ether oxygens (including phenoxy) is 2. The normalized spacial score (nSPS) is 11.6. The fraction of sp³-hybridized carbons (Fsp3) is 0.320. The van der Waals surface area contributed by atoms with Gasteiger partial charge in [0.2, 0.25) is 5.62 Å². The van der Waals surface area contributed by atoms with Crippen molar-refractivity contribution in [2.75, 3.05) is 7.11 Å². The van der Waals surface area contributed by atoms with Gasteiger partial charge in [-0.25, -0.2) is 23.9 Å². The average Bonchev–Trinajstić information content (AvgIpc) is 2.84. The molecule has 190 valence electrons. The number of rotatable bonds is 8. The lowest BCUT2D eigenvalue weighted by Gasteiger charge is -2.15. The van der Waals surface area contributed by atoms with Crippen molar-refractivity contribution in [3.63, 3.8) is 0 Å². The summed E-state index contributed by atoms with van der Waals surface area (Å²) in [5, 5.41) is 0.523. The maximum absolute atomic E-state index is 13.4. The minimum atomic E-state index is -1.15. The molecule has 0 N–H and O–H groups in total. The molecule has 0 aliphatic rings. The molecular weight excluding hydrogens is 488 g/mol. The van der Waals surface area contributed by atoms with Gasteiger partial charge in [-0.15, -0.1) is 0 Å². The first kappa shape index (κ1) is 26.7. The monoisotopic (exact) mass is 514 g/mol. The molecule has 3 aromatic rings. The lowest BCUT2D eigenvalue weighted by Crippen LogP contribution is -2.55. The number of carbonyl (C=O) groups excluding carboxylic acids is 2. The minimum absolute atomic E-state index is 0.00543. The number of carbonyl (C=O) groups is 2. The number of hydrogen-bond acceptors (Lipinski definition) is 7. The highest BCUT2D eigenvalue weighted by atomic mass is 35.5. The second kappa shape index (κ2) is 11.2. The van der Waals surface area contributed by atoms with Crippen molar-refractivity contribution < 1.29 is 19.1 Å². The molecule has 0 fully saturated rings. The van der Waals surface area contributed by atoms with Crippen LogP contribution < -0.4 is 21.7 Å². The second-order valence-corrected chi connectivity index (χ2v) is 8.80. The molecule has 0 saturated heterocycles. The molecule has 10 nitrogen and oxygen atoms in total. The summed E-state index contributed by atoms with van der Waals surface area (Å²) in [7, 11) is 2.48. The van der Waals surface area contributed by atoms with Gasteiger partial charge in [0.05, 0.1) is 25.4 Å². The van der Waals surface area contributed by atoms with E-state index in [9.17, 15) is 19.2 Å². The number of aromatic nitrogens is 3. The Labute approximate surface area is 212 Å². The number of methoxy groups -OCH3 is 1. The quantitative estimate of drug-likeness (QED) is 0.336. The summed E-state index contributed by atoms with van der Waals surface area (Å²) in [5.74, 6) is -1.49. The summed E-state index contributed by atoms with van der Waals surface area (Å²) in [6.45, 7) is 4.98. The number of Topliss-reactive ketones (excluding diaryl/α,β-unsaturated/α-hetero) is 1. The number of ketones is 1. The standard InChI is InChI=1S/C25H27ClN4O6/c1-15(2)36-21-11-10-19(12-16(21)3)27-23-28(4)24(33)30(14-20(31)22(32)35-5)25(34)29(23)13-17-6-8-18(26)9-7-17/h6-12,15H,13-14H2,1-5H3/b27-23+.